The molecule has 0 amide bonds. The molecule has 0 saturated carbocycles. The van der Waals surface area contributed by atoms with Crippen LogP contribution in [0.15, 0.2) is 116 Å². The van der Waals surface area contributed by atoms with Crippen LogP contribution in [0.2, 0.25) is 0 Å². The summed E-state index contributed by atoms with van der Waals surface area (Å²) in [6, 6.07) is 32.9. The van der Waals surface area contributed by atoms with Gasteiger partial charge < -0.3 is 4.40 Å². The Bertz CT molecular complexity index is 1970. The summed E-state index contributed by atoms with van der Waals surface area (Å²) in [4.78, 5) is 8.89. The quantitative estimate of drug-likeness (QED) is 0.269. The fourth-order valence-corrected chi connectivity index (χ4v) is 5.83. The Balaban J connectivity index is 1.59. The highest BCUT2D eigenvalue weighted by atomic mass is 14.9. The van der Waals surface area contributed by atoms with E-state index in [0.717, 1.165) is 11.0 Å². The molecule has 0 radical (unpaired) electrons. The van der Waals surface area contributed by atoms with Crippen LogP contribution < -0.4 is 0 Å². The standard InChI is InChI=1S/C32H19N3/c1-2-6-20(7-3-1)24-11-10-21-8-4-5-9-23(21)31(24)22-16-27-25-12-14-33-18-29(25)35-30-19-34-15-13-26(30)28(17-22)32(27)35/h1-19H. The molecule has 0 aliphatic rings. The van der Waals surface area contributed by atoms with Gasteiger partial charge in [0.05, 0.1) is 28.9 Å². The van der Waals surface area contributed by atoms with E-state index in [1.807, 2.05) is 24.8 Å². The molecule has 0 fully saturated rings. The molecule has 0 N–H and O–H groups in total. The van der Waals surface area contributed by atoms with Crippen LogP contribution >= 0.6 is 0 Å². The molecule has 0 atom stereocenters. The Kier molecular flexibility index (Phi) is 3.66. The Hall–Kier alpha value is -4.76. The number of pyridine rings is 2. The first-order chi connectivity index (χ1) is 17.4. The average molecular weight is 446 g/mol. The van der Waals surface area contributed by atoms with Gasteiger partial charge >= 0.3 is 0 Å². The maximum atomic E-state index is 4.45. The van der Waals surface area contributed by atoms with E-state index in [1.54, 1.807) is 0 Å². The van der Waals surface area contributed by atoms with Gasteiger partial charge in [0.2, 0.25) is 0 Å². The van der Waals surface area contributed by atoms with Crippen LogP contribution in [0.3, 0.4) is 0 Å². The third-order valence-corrected chi connectivity index (χ3v) is 7.30. The van der Waals surface area contributed by atoms with Gasteiger partial charge in [0.25, 0.3) is 0 Å². The largest absolute Gasteiger partial charge is 0.305 e. The highest BCUT2D eigenvalue weighted by Crippen LogP contribution is 2.44. The Labute approximate surface area is 201 Å². The van der Waals surface area contributed by atoms with Gasteiger partial charge in [-0.2, -0.15) is 0 Å². The molecule has 0 bridgehead atoms. The van der Waals surface area contributed by atoms with E-state index in [-0.39, 0.29) is 0 Å². The van der Waals surface area contributed by atoms with Crippen molar-refractivity contribution in [3.8, 4) is 22.3 Å². The third-order valence-electron chi connectivity index (χ3n) is 7.30. The van der Waals surface area contributed by atoms with Gasteiger partial charge in [-0.25, -0.2) is 0 Å². The minimum Gasteiger partial charge on any atom is -0.305 e. The van der Waals surface area contributed by atoms with Crippen LogP contribution in [-0.4, -0.2) is 14.4 Å². The summed E-state index contributed by atoms with van der Waals surface area (Å²) in [5, 5.41) is 7.44. The lowest BCUT2D eigenvalue weighted by Crippen LogP contribution is -1.88. The number of nitrogens with zero attached hydrogens (tertiary/aromatic N) is 3. The summed E-state index contributed by atoms with van der Waals surface area (Å²) < 4.78 is 2.32. The minimum atomic E-state index is 1.12. The van der Waals surface area contributed by atoms with Crippen molar-refractivity contribution in [2.45, 2.75) is 0 Å². The third kappa shape index (κ3) is 2.50. The second kappa shape index (κ2) is 6.87. The lowest BCUT2D eigenvalue weighted by Gasteiger charge is -2.15. The second-order valence-electron chi connectivity index (χ2n) is 9.12. The summed E-state index contributed by atoms with van der Waals surface area (Å²) in [6.07, 6.45) is 7.71. The molecule has 4 aromatic carbocycles. The molecule has 0 spiro atoms. The molecule has 8 rings (SSSR count). The van der Waals surface area contributed by atoms with E-state index in [1.165, 1.54) is 60.1 Å². The first-order valence-electron chi connectivity index (χ1n) is 11.8. The zero-order chi connectivity index (χ0) is 22.9. The van der Waals surface area contributed by atoms with Crippen LogP contribution in [-0.2, 0) is 0 Å². The molecule has 3 heteroatoms. The van der Waals surface area contributed by atoms with Crippen LogP contribution in [0.25, 0.3) is 71.1 Å². The molecule has 0 saturated heterocycles. The van der Waals surface area contributed by atoms with Crippen molar-refractivity contribution in [3.63, 3.8) is 0 Å². The van der Waals surface area contributed by atoms with E-state index >= 15 is 0 Å². The predicted molar refractivity (Wildman–Crippen MR) is 145 cm³/mol. The van der Waals surface area contributed by atoms with Crippen molar-refractivity contribution < 1.29 is 0 Å². The normalized spacial score (nSPS) is 12.0. The molecule has 0 aliphatic carbocycles. The maximum absolute atomic E-state index is 4.45. The van der Waals surface area contributed by atoms with Gasteiger partial charge in [-0.05, 0) is 57.3 Å². The zero-order valence-corrected chi connectivity index (χ0v) is 18.8. The summed E-state index contributed by atoms with van der Waals surface area (Å²) in [5.41, 5.74) is 8.44. The van der Waals surface area contributed by atoms with E-state index in [0.29, 0.717) is 0 Å². The molecule has 3 nitrogen and oxygen atoms in total. The molecule has 4 aromatic heterocycles. The van der Waals surface area contributed by atoms with Gasteiger partial charge in [0.15, 0.2) is 0 Å². The van der Waals surface area contributed by atoms with E-state index < -0.39 is 0 Å². The van der Waals surface area contributed by atoms with Gasteiger partial charge in [0.1, 0.15) is 0 Å². The summed E-state index contributed by atoms with van der Waals surface area (Å²) in [6.45, 7) is 0. The van der Waals surface area contributed by atoms with E-state index in [2.05, 4.69) is 105 Å². The van der Waals surface area contributed by atoms with Crippen LogP contribution in [0.1, 0.15) is 0 Å². The maximum Gasteiger partial charge on any atom is 0.0725 e. The highest BCUT2D eigenvalue weighted by molar-refractivity contribution is 6.25. The van der Waals surface area contributed by atoms with E-state index in [4.69, 9.17) is 0 Å². The van der Waals surface area contributed by atoms with Crippen LogP contribution in [0.4, 0.5) is 0 Å². The second-order valence-corrected chi connectivity index (χ2v) is 9.12. The Morgan fingerprint density at radius 2 is 1.17 bits per heavy atom. The first kappa shape index (κ1) is 18.6. The topological polar surface area (TPSA) is 30.2 Å². The smallest absolute Gasteiger partial charge is 0.0725 e. The van der Waals surface area contributed by atoms with E-state index in [9.17, 15) is 0 Å². The lowest BCUT2D eigenvalue weighted by molar-refractivity contribution is 1.27. The lowest BCUT2D eigenvalue weighted by atomic mass is 9.88. The minimum absolute atomic E-state index is 1.12. The molecule has 4 heterocycles. The summed E-state index contributed by atoms with van der Waals surface area (Å²) in [7, 11) is 0. The van der Waals surface area contributed by atoms with Gasteiger partial charge in [0, 0.05) is 33.9 Å². The van der Waals surface area contributed by atoms with Crippen molar-refractivity contribution >= 4 is 48.9 Å². The van der Waals surface area contributed by atoms with Crippen LogP contribution in [0, 0.1) is 0 Å². The zero-order valence-electron chi connectivity index (χ0n) is 18.8. The molecule has 8 aromatic rings. The first-order valence-corrected chi connectivity index (χ1v) is 11.8. The molecular formula is C32H19N3. The van der Waals surface area contributed by atoms with Gasteiger partial charge in [-0.15, -0.1) is 0 Å². The average Bonchev–Trinajstić information content (AvgIpc) is 3.44. The predicted octanol–water partition coefficient (Wildman–Crippen LogP) is 8.11. The van der Waals surface area contributed by atoms with Crippen molar-refractivity contribution in [3.05, 3.63) is 116 Å². The van der Waals surface area contributed by atoms with Crippen molar-refractivity contribution in [1.82, 2.24) is 14.4 Å². The van der Waals surface area contributed by atoms with Gasteiger partial charge in [-0.1, -0.05) is 66.7 Å². The molecule has 0 unspecified atom stereocenters. The monoisotopic (exact) mass is 445 g/mol. The Morgan fingerprint density at radius 1 is 0.514 bits per heavy atom. The van der Waals surface area contributed by atoms with Crippen molar-refractivity contribution in [2.24, 2.45) is 0 Å². The van der Waals surface area contributed by atoms with Crippen molar-refractivity contribution in [1.29, 1.82) is 0 Å². The molecular weight excluding hydrogens is 426 g/mol. The van der Waals surface area contributed by atoms with Gasteiger partial charge in [-0.3, -0.25) is 9.97 Å². The number of benzene rings is 4. The number of fused-ring (bicyclic) bond motifs is 7. The van der Waals surface area contributed by atoms with Crippen molar-refractivity contribution in [2.75, 3.05) is 0 Å². The summed E-state index contributed by atoms with van der Waals surface area (Å²) >= 11 is 0. The van der Waals surface area contributed by atoms with Crippen LogP contribution in [0.5, 0.6) is 0 Å². The number of hydrogen-bond acceptors (Lipinski definition) is 2. The highest BCUT2D eigenvalue weighted by Gasteiger charge is 2.20. The molecule has 0 aliphatic heterocycles. The molecule has 162 valence electrons. The fraction of sp³-hybridized carbons (Fsp3) is 0. The SMILES string of the molecule is c1ccc(-c2ccc3ccccc3c2-c2cc3c4ccncc4n4c5cnccc5c(c2)c34)cc1. The number of aromatic nitrogens is 3. The number of rotatable bonds is 2. The fourth-order valence-electron chi connectivity index (χ4n) is 5.83. The Morgan fingerprint density at radius 3 is 1.89 bits per heavy atom. The summed E-state index contributed by atoms with van der Waals surface area (Å²) in [5.74, 6) is 0. The number of hydrogen-bond donors (Lipinski definition) is 0. The molecule has 35 heavy (non-hydrogen) atoms.